The summed E-state index contributed by atoms with van der Waals surface area (Å²) in [5.74, 6) is 0.254. The van der Waals surface area contributed by atoms with Gasteiger partial charge in [-0.05, 0) is 35.4 Å². The standard InChI is InChI=1S/C23H22N2O4/c1-23(2,17-6-4-3-5-7-17)18-8-14-21(15-9-18)29-16-22(26)24-19-10-12-20(13-11-19)25(27)28/h3-15H,16H2,1-2H3,(H,24,26). The lowest BCUT2D eigenvalue weighted by Gasteiger charge is -2.26. The van der Waals surface area contributed by atoms with Crippen molar-refractivity contribution in [2.45, 2.75) is 19.3 Å². The lowest BCUT2D eigenvalue weighted by molar-refractivity contribution is -0.384. The molecule has 148 valence electrons. The number of benzene rings is 3. The van der Waals surface area contributed by atoms with E-state index in [0.717, 1.165) is 5.56 Å². The number of nitro groups is 1. The summed E-state index contributed by atoms with van der Waals surface area (Å²) in [6.07, 6.45) is 0. The Balaban J connectivity index is 1.57. The van der Waals surface area contributed by atoms with E-state index >= 15 is 0 Å². The number of nitrogens with one attached hydrogen (secondary N) is 1. The Labute approximate surface area is 169 Å². The summed E-state index contributed by atoms with van der Waals surface area (Å²) in [5, 5.41) is 13.3. The monoisotopic (exact) mass is 390 g/mol. The normalized spacial score (nSPS) is 11.0. The third-order valence-electron chi connectivity index (χ3n) is 4.80. The predicted molar refractivity (Wildman–Crippen MR) is 112 cm³/mol. The first-order valence-corrected chi connectivity index (χ1v) is 9.19. The van der Waals surface area contributed by atoms with Crippen molar-refractivity contribution in [3.63, 3.8) is 0 Å². The Morgan fingerprint density at radius 2 is 1.52 bits per heavy atom. The van der Waals surface area contributed by atoms with Crippen LogP contribution in [0.1, 0.15) is 25.0 Å². The fourth-order valence-electron chi connectivity index (χ4n) is 3.00. The molecule has 0 aliphatic rings. The average Bonchev–Trinajstić information content (AvgIpc) is 2.73. The molecule has 0 spiro atoms. The molecule has 0 aliphatic heterocycles. The van der Waals surface area contributed by atoms with Gasteiger partial charge in [-0.1, -0.05) is 56.3 Å². The van der Waals surface area contributed by atoms with Crippen molar-refractivity contribution in [3.05, 3.63) is 100 Å². The van der Waals surface area contributed by atoms with Gasteiger partial charge < -0.3 is 10.1 Å². The average molecular weight is 390 g/mol. The summed E-state index contributed by atoms with van der Waals surface area (Å²) in [7, 11) is 0. The number of nitrogens with zero attached hydrogens (tertiary/aromatic N) is 1. The van der Waals surface area contributed by atoms with E-state index < -0.39 is 4.92 Å². The topological polar surface area (TPSA) is 81.5 Å². The van der Waals surface area contributed by atoms with Gasteiger partial charge in [0, 0.05) is 23.2 Å². The summed E-state index contributed by atoms with van der Waals surface area (Å²) < 4.78 is 5.56. The minimum atomic E-state index is -0.489. The molecule has 3 aromatic carbocycles. The van der Waals surface area contributed by atoms with E-state index in [1.807, 2.05) is 42.5 Å². The molecular formula is C23H22N2O4. The number of amides is 1. The maximum Gasteiger partial charge on any atom is 0.269 e. The molecular weight excluding hydrogens is 368 g/mol. The quantitative estimate of drug-likeness (QED) is 0.458. The number of carbonyl (C=O) groups excluding carboxylic acids is 1. The number of rotatable bonds is 7. The van der Waals surface area contributed by atoms with Gasteiger partial charge in [-0.3, -0.25) is 14.9 Å². The highest BCUT2D eigenvalue weighted by Gasteiger charge is 2.22. The number of nitro benzene ring substituents is 1. The molecule has 0 unspecified atom stereocenters. The molecule has 29 heavy (non-hydrogen) atoms. The Hall–Kier alpha value is -3.67. The van der Waals surface area contributed by atoms with Crippen molar-refractivity contribution in [1.29, 1.82) is 0 Å². The van der Waals surface area contributed by atoms with Crippen molar-refractivity contribution >= 4 is 17.3 Å². The number of hydrogen-bond acceptors (Lipinski definition) is 4. The summed E-state index contributed by atoms with van der Waals surface area (Å²) >= 11 is 0. The van der Waals surface area contributed by atoms with E-state index in [1.54, 1.807) is 0 Å². The number of non-ortho nitro benzene ring substituents is 1. The zero-order valence-corrected chi connectivity index (χ0v) is 16.3. The van der Waals surface area contributed by atoms with Gasteiger partial charge in [0.25, 0.3) is 11.6 Å². The molecule has 0 radical (unpaired) electrons. The second kappa shape index (κ2) is 8.56. The summed E-state index contributed by atoms with van der Waals surface area (Å²) in [5.41, 5.74) is 2.66. The van der Waals surface area contributed by atoms with Gasteiger partial charge in [0.1, 0.15) is 5.75 Å². The summed E-state index contributed by atoms with van der Waals surface area (Å²) in [6.45, 7) is 4.17. The molecule has 1 N–H and O–H groups in total. The van der Waals surface area contributed by atoms with E-state index in [-0.39, 0.29) is 23.6 Å². The van der Waals surface area contributed by atoms with E-state index in [0.29, 0.717) is 11.4 Å². The Bertz CT molecular complexity index is 982. The highest BCUT2D eigenvalue weighted by Crippen LogP contribution is 2.32. The molecule has 6 heteroatoms. The smallest absolute Gasteiger partial charge is 0.269 e. The van der Waals surface area contributed by atoms with Crippen LogP contribution in [-0.2, 0) is 10.2 Å². The molecule has 0 saturated heterocycles. The van der Waals surface area contributed by atoms with Crippen LogP contribution in [0.4, 0.5) is 11.4 Å². The highest BCUT2D eigenvalue weighted by atomic mass is 16.6. The molecule has 1 amide bonds. The largest absolute Gasteiger partial charge is 0.484 e. The van der Waals surface area contributed by atoms with Gasteiger partial charge >= 0.3 is 0 Å². The Kier molecular flexibility index (Phi) is 5.93. The van der Waals surface area contributed by atoms with Gasteiger partial charge in [-0.15, -0.1) is 0 Å². The third kappa shape index (κ3) is 4.99. The van der Waals surface area contributed by atoms with E-state index in [9.17, 15) is 14.9 Å². The van der Waals surface area contributed by atoms with E-state index in [1.165, 1.54) is 29.8 Å². The summed E-state index contributed by atoms with van der Waals surface area (Å²) in [6, 6.07) is 23.6. The van der Waals surface area contributed by atoms with Gasteiger partial charge in [-0.25, -0.2) is 0 Å². The Morgan fingerprint density at radius 1 is 0.931 bits per heavy atom. The molecule has 0 saturated carbocycles. The van der Waals surface area contributed by atoms with Crippen molar-refractivity contribution in [2.24, 2.45) is 0 Å². The van der Waals surface area contributed by atoms with Crippen LogP contribution in [-0.4, -0.2) is 17.4 Å². The SMILES string of the molecule is CC(C)(c1ccccc1)c1ccc(OCC(=O)Nc2ccc([N+](=O)[O-])cc2)cc1. The molecule has 3 aromatic rings. The lowest BCUT2D eigenvalue weighted by Crippen LogP contribution is -2.20. The number of carbonyl (C=O) groups is 1. The molecule has 0 fully saturated rings. The number of anilines is 1. The van der Waals surface area contributed by atoms with Gasteiger partial charge in [-0.2, -0.15) is 0 Å². The van der Waals surface area contributed by atoms with Crippen LogP contribution >= 0.6 is 0 Å². The van der Waals surface area contributed by atoms with Crippen LogP contribution in [0.2, 0.25) is 0 Å². The first-order valence-electron chi connectivity index (χ1n) is 9.19. The van der Waals surface area contributed by atoms with Gasteiger partial charge in [0.2, 0.25) is 0 Å². The van der Waals surface area contributed by atoms with Gasteiger partial charge in [0.15, 0.2) is 6.61 Å². The molecule has 0 aliphatic carbocycles. The van der Waals surface area contributed by atoms with Crippen molar-refractivity contribution in [2.75, 3.05) is 11.9 Å². The van der Waals surface area contributed by atoms with Crippen LogP contribution in [0, 0.1) is 10.1 Å². The third-order valence-corrected chi connectivity index (χ3v) is 4.80. The van der Waals surface area contributed by atoms with E-state index in [4.69, 9.17) is 4.74 Å². The molecule has 0 atom stereocenters. The number of ether oxygens (including phenoxy) is 1. The first-order chi connectivity index (χ1) is 13.9. The second-order valence-electron chi connectivity index (χ2n) is 7.16. The Morgan fingerprint density at radius 3 is 2.10 bits per heavy atom. The van der Waals surface area contributed by atoms with Crippen molar-refractivity contribution < 1.29 is 14.5 Å². The number of hydrogen-bond donors (Lipinski definition) is 1. The van der Waals surface area contributed by atoms with Crippen molar-refractivity contribution in [1.82, 2.24) is 0 Å². The zero-order valence-electron chi connectivity index (χ0n) is 16.3. The van der Waals surface area contributed by atoms with Crippen LogP contribution in [0.5, 0.6) is 5.75 Å². The molecule has 0 bridgehead atoms. The van der Waals surface area contributed by atoms with Crippen LogP contribution < -0.4 is 10.1 Å². The van der Waals surface area contributed by atoms with Crippen LogP contribution in [0.15, 0.2) is 78.9 Å². The second-order valence-corrected chi connectivity index (χ2v) is 7.16. The maximum absolute atomic E-state index is 12.0. The fraction of sp³-hybridized carbons (Fsp3) is 0.174. The molecule has 3 rings (SSSR count). The first kappa shape index (κ1) is 20.1. The predicted octanol–water partition coefficient (Wildman–Crippen LogP) is 4.94. The fourth-order valence-corrected chi connectivity index (χ4v) is 3.00. The van der Waals surface area contributed by atoms with E-state index in [2.05, 4.69) is 31.3 Å². The van der Waals surface area contributed by atoms with Crippen LogP contribution in [0.25, 0.3) is 0 Å². The molecule has 0 heterocycles. The minimum absolute atomic E-state index is 0.0298. The molecule has 0 aromatic heterocycles. The lowest BCUT2D eigenvalue weighted by atomic mass is 9.78. The van der Waals surface area contributed by atoms with Crippen LogP contribution in [0.3, 0.4) is 0 Å². The maximum atomic E-state index is 12.0. The molecule has 6 nitrogen and oxygen atoms in total. The summed E-state index contributed by atoms with van der Waals surface area (Å²) in [4.78, 5) is 22.2. The highest BCUT2D eigenvalue weighted by molar-refractivity contribution is 5.91. The van der Waals surface area contributed by atoms with Crippen molar-refractivity contribution in [3.8, 4) is 5.75 Å². The minimum Gasteiger partial charge on any atom is -0.484 e. The van der Waals surface area contributed by atoms with Gasteiger partial charge in [0.05, 0.1) is 4.92 Å². The zero-order chi connectivity index (χ0) is 20.9.